The van der Waals surface area contributed by atoms with Crippen LogP contribution in [0.1, 0.15) is 25.3 Å². The highest BCUT2D eigenvalue weighted by Crippen LogP contribution is 2.22. The highest BCUT2D eigenvalue weighted by Gasteiger charge is 2.23. The Morgan fingerprint density at radius 3 is 2.64 bits per heavy atom. The monoisotopic (exact) mass is 154 g/mol. The number of hydrogen-bond donors (Lipinski definition) is 0. The SMILES string of the molecule is [CH2]OC(C)(C)c1cc(C)on1. The van der Waals surface area contributed by atoms with E-state index >= 15 is 0 Å². The lowest BCUT2D eigenvalue weighted by molar-refractivity contribution is 0.0424. The molecule has 0 amide bonds. The Labute approximate surface area is 66.3 Å². The van der Waals surface area contributed by atoms with Crippen molar-refractivity contribution in [3.05, 3.63) is 24.6 Å². The van der Waals surface area contributed by atoms with E-state index in [1.165, 1.54) is 0 Å². The maximum absolute atomic E-state index is 4.96. The predicted octanol–water partition coefficient (Wildman–Crippen LogP) is 2.03. The Hall–Kier alpha value is -0.830. The largest absolute Gasteiger partial charge is 0.367 e. The lowest BCUT2D eigenvalue weighted by atomic mass is 10.1. The Balaban J connectivity index is 2.92. The Morgan fingerprint density at radius 1 is 1.64 bits per heavy atom. The van der Waals surface area contributed by atoms with Gasteiger partial charge in [0.05, 0.1) is 7.11 Å². The molecular formula is C8H12NO2. The summed E-state index contributed by atoms with van der Waals surface area (Å²) in [6.07, 6.45) is 0. The molecule has 0 aliphatic rings. The lowest BCUT2D eigenvalue weighted by Crippen LogP contribution is -2.18. The van der Waals surface area contributed by atoms with Gasteiger partial charge in [0.2, 0.25) is 0 Å². The van der Waals surface area contributed by atoms with E-state index in [1.807, 2.05) is 26.8 Å². The summed E-state index contributed by atoms with van der Waals surface area (Å²) in [5.41, 5.74) is 0.308. The summed E-state index contributed by atoms with van der Waals surface area (Å²) >= 11 is 0. The summed E-state index contributed by atoms with van der Waals surface area (Å²) in [5, 5.41) is 3.82. The highest BCUT2D eigenvalue weighted by molar-refractivity contribution is 5.10. The predicted molar refractivity (Wildman–Crippen MR) is 40.7 cm³/mol. The fourth-order valence-corrected chi connectivity index (χ4v) is 0.724. The van der Waals surface area contributed by atoms with Crippen LogP contribution in [0.5, 0.6) is 0 Å². The van der Waals surface area contributed by atoms with Crippen molar-refractivity contribution in [2.24, 2.45) is 0 Å². The molecule has 0 unspecified atom stereocenters. The molecule has 1 aromatic heterocycles. The molecule has 1 heterocycles. The third-order valence-electron chi connectivity index (χ3n) is 1.61. The third-order valence-corrected chi connectivity index (χ3v) is 1.61. The van der Waals surface area contributed by atoms with Gasteiger partial charge in [-0.2, -0.15) is 0 Å². The minimum Gasteiger partial charge on any atom is -0.367 e. The molecule has 0 aromatic carbocycles. The first-order valence-electron chi connectivity index (χ1n) is 3.43. The molecule has 1 radical (unpaired) electrons. The van der Waals surface area contributed by atoms with Crippen LogP contribution in [0.4, 0.5) is 0 Å². The minimum atomic E-state index is -0.461. The smallest absolute Gasteiger partial charge is 0.134 e. The van der Waals surface area contributed by atoms with E-state index < -0.39 is 5.60 Å². The van der Waals surface area contributed by atoms with Crippen molar-refractivity contribution >= 4 is 0 Å². The summed E-state index contributed by atoms with van der Waals surface area (Å²) < 4.78 is 9.86. The van der Waals surface area contributed by atoms with Crippen LogP contribution in [-0.4, -0.2) is 5.16 Å². The molecule has 0 bridgehead atoms. The van der Waals surface area contributed by atoms with Gasteiger partial charge in [-0.3, -0.25) is 0 Å². The zero-order valence-corrected chi connectivity index (χ0v) is 7.05. The quantitative estimate of drug-likeness (QED) is 0.653. The van der Waals surface area contributed by atoms with Crippen LogP contribution in [0.25, 0.3) is 0 Å². The second kappa shape index (κ2) is 2.66. The average Bonchev–Trinajstić information content (AvgIpc) is 2.36. The van der Waals surface area contributed by atoms with Crippen LogP contribution in [0.2, 0.25) is 0 Å². The maximum Gasteiger partial charge on any atom is 0.134 e. The van der Waals surface area contributed by atoms with E-state index in [-0.39, 0.29) is 0 Å². The van der Waals surface area contributed by atoms with Gasteiger partial charge in [-0.1, -0.05) is 5.16 Å². The van der Waals surface area contributed by atoms with Gasteiger partial charge in [-0.25, -0.2) is 0 Å². The van der Waals surface area contributed by atoms with Crippen LogP contribution in [0.15, 0.2) is 10.6 Å². The molecule has 0 saturated heterocycles. The molecule has 0 spiro atoms. The van der Waals surface area contributed by atoms with Crippen LogP contribution in [-0.2, 0) is 10.3 Å². The number of hydrogen-bond acceptors (Lipinski definition) is 3. The summed E-state index contributed by atoms with van der Waals surface area (Å²) in [6.45, 7) is 5.62. The second-order valence-electron chi connectivity index (χ2n) is 2.98. The first-order chi connectivity index (χ1) is 5.06. The standard InChI is InChI=1S/C8H12NO2/c1-6-5-7(9-11-6)8(2,3)10-4/h5H,4H2,1-3H3. The van der Waals surface area contributed by atoms with Crippen molar-refractivity contribution in [3.63, 3.8) is 0 Å². The van der Waals surface area contributed by atoms with Crippen molar-refractivity contribution in [1.82, 2.24) is 5.16 Å². The fraction of sp³-hybridized carbons (Fsp3) is 0.500. The molecule has 1 rings (SSSR count). The van der Waals surface area contributed by atoms with Crippen LogP contribution in [0, 0.1) is 14.0 Å². The van der Waals surface area contributed by atoms with Crippen LogP contribution < -0.4 is 0 Å². The first kappa shape index (κ1) is 8.27. The Bertz CT molecular complexity index is 240. The van der Waals surface area contributed by atoms with E-state index in [0.717, 1.165) is 11.5 Å². The van der Waals surface area contributed by atoms with Crippen molar-refractivity contribution < 1.29 is 9.26 Å². The van der Waals surface area contributed by atoms with E-state index in [2.05, 4.69) is 12.3 Å². The average molecular weight is 154 g/mol. The third kappa shape index (κ3) is 1.60. The number of rotatable bonds is 2. The van der Waals surface area contributed by atoms with Gasteiger partial charge in [-0.15, -0.1) is 0 Å². The van der Waals surface area contributed by atoms with Gasteiger partial charge in [-0.05, 0) is 20.8 Å². The molecule has 1 aromatic rings. The van der Waals surface area contributed by atoms with Crippen LogP contribution in [0.3, 0.4) is 0 Å². The number of ether oxygens (including phenoxy) is 1. The van der Waals surface area contributed by atoms with Gasteiger partial charge in [0, 0.05) is 6.07 Å². The van der Waals surface area contributed by atoms with Gasteiger partial charge in [0.25, 0.3) is 0 Å². The lowest BCUT2D eigenvalue weighted by Gasteiger charge is -2.18. The summed E-state index contributed by atoms with van der Waals surface area (Å²) in [4.78, 5) is 0. The summed E-state index contributed by atoms with van der Waals surface area (Å²) in [5.74, 6) is 0.783. The molecule has 0 aliphatic heterocycles. The topological polar surface area (TPSA) is 35.3 Å². The number of aryl methyl sites for hydroxylation is 1. The van der Waals surface area contributed by atoms with E-state index in [1.54, 1.807) is 0 Å². The molecule has 3 heteroatoms. The van der Waals surface area contributed by atoms with Crippen molar-refractivity contribution in [3.8, 4) is 0 Å². The minimum absolute atomic E-state index is 0.461. The maximum atomic E-state index is 4.96. The molecule has 0 aliphatic carbocycles. The second-order valence-corrected chi connectivity index (χ2v) is 2.98. The number of aromatic nitrogens is 1. The van der Waals surface area contributed by atoms with Gasteiger partial charge >= 0.3 is 0 Å². The van der Waals surface area contributed by atoms with Crippen molar-refractivity contribution in [1.29, 1.82) is 0 Å². The molecule has 0 N–H and O–H groups in total. The number of nitrogens with zero attached hydrogens (tertiary/aromatic N) is 1. The Morgan fingerprint density at radius 2 is 2.27 bits per heavy atom. The van der Waals surface area contributed by atoms with Gasteiger partial charge < -0.3 is 9.26 Å². The molecule has 0 atom stereocenters. The molecule has 61 valence electrons. The van der Waals surface area contributed by atoms with Crippen LogP contribution >= 0.6 is 0 Å². The molecule has 0 saturated carbocycles. The summed E-state index contributed by atoms with van der Waals surface area (Å²) in [6, 6.07) is 1.84. The zero-order chi connectivity index (χ0) is 8.48. The van der Waals surface area contributed by atoms with Gasteiger partial charge in [0.1, 0.15) is 17.1 Å². The van der Waals surface area contributed by atoms with E-state index in [0.29, 0.717) is 0 Å². The molecular weight excluding hydrogens is 142 g/mol. The molecule has 0 fully saturated rings. The van der Waals surface area contributed by atoms with E-state index in [9.17, 15) is 0 Å². The van der Waals surface area contributed by atoms with Crippen molar-refractivity contribution in [2.45, 2.75) is 26.4 Å². The summed E-state index contributed by atoms with van der Waals surface area (Å²) in [7, 11) is 3.36. The van der Waals surface area contributed by atoms with Gasteiger partial charge in [0.15, 0.2) is 0 Å². The first-order valence-corrected chi connectivity index (χ1v) is 3.43. The molecule has 11 heavy (non-hydrogen) atoms. The normalized spacial score (nSPS) is 12.0. The fourth-order valence-electron chi connectivity index (χ4n) is 0.724. The van der Waals surface area contributed by atoms with E-state index in [4.69, 9.17) is 9.26 Å². The Kier molecular flexibility index (Phi) is 2.00. The highest BCUT2D eigenvalue weighted by atomic mass is 16.5. The van der Waals surface area contributed by atoms with Crippen molar-refractivity contribution in [2.75, 3.05) is 0 Å². The zero-order valence-electron chi connectivity index (χ0n) is 7.05. The molecule has 3 nitrogen and oxygen atoms in total.